The van der Waals surface area contributed by atoms with Gasteiger partial charge < -0.3 is 10.6 Å². The molecule has 132 valence electrons. The number of H-pyrrole nitrogens is 2. The fraction of sp³-hybridized carbons (Fsp3) is 0.429. The zero-order valence-corrected chi connectivity index (χ0v) is 14.4. The van der Waals surface area contributed by atoms with Gasteiger partial charge in [-0.1, -0.05) is 0 Å². The minimum atomic E-state index is -0.622. The van der Waals surface area contributed by atoms with Crippen LogP contribution >= 0.6 is 24.8 Å². The van der Waals surface area contributed by atoms with Crippen LogP contribution < -0.4 is 17.0 Å². The number of nitrogens with one attached hydrogen (secondary N) is 2. The van der Waals surface area contributed by atoms with Crippen molar-refractivity contribution >= 4 is 41.8 Å². The molecule has 0 bridgehead atoms. The van der Waals surface area contributed by atoms with Crippen LogP contribution in [-0.2, 0) is 0 Å². The van der Waals surface area contributed by atoms with Crippen molar-refractivity contribution in [2.75, 3.05) is 13.1 Å². The summed E-state index contributed by atoms with van der Waals surface area (Å²) < 4.78 is 0. The predicted molar refractivity (Wildman–Crippen MR) is 95.2 cm³/mol. The standard InChI is InChI=1S/C14H17N5O3.2ClH/c15-6-9-3-1-2-4-19(9)13(21)8-5-10-11(16-7-8)17-14(22)18-12(10)20;;/h5,7,9H,1-4,6,15H2,(H2,16,17,18,20,22);2*1H. The van der Waals surface area contributed by atoms with Gasteiger partial charge in [0.1, 0.15) is 5.65 Å². The van der Waals surface area contributed by atoms with Gasteiger partial charge in [-0.05, 0) is 25.3 Å². The lowest BCUT2D eigenvalue weighted by Gasteiger charge is -2.35. The molecule has 0 radical (unpaired) electrons. The molecular weight excluding hydrogens is 357 g/mol. The Kier molecular flexibility index (Phi) is 6.94. The van der Waals surface area contributed by atoms with Crippen LogP contribution in [0.3, 0.4) is 0 Å². The average Bonchev–Trinajstić information content (AvgIpc) is 2.53. The number of halogens is 2. The highest BCUT2D eigenvalue weighted by Crippen LogP contribution is 2.19. The van der Waals surface area contributed by atoms with Crippen molar-refractivity contribution in [3.8, 4) is 0 Å². The van der Waals surface area contributed by atoms with Crippen molar-refractivity contribution in [3.05, 3.63) is 38.7 Å². The smallest absolute Gasteiger partial charge is 0.327 e. The van der Waals surface area contributed by atoms with Crippen LogP contribution in [0.25, 0.3) is 11.0 Å². The highest BCUT2D eigenvalue weighted by atomic mass is 35.5. The summed E-state index contributed by atoms with van der Waals surface area (Å²) >= 11 is 0. The predicted octanol–water partition coefficient (Wildman–Crippen LogP) is 0.408. The molecule has 1 fully saturated rings. The maximum Gasteiger partial charge on any atom is 0.327 e. The van der Waals surface area contributed by atoms with Crippen molar-refractivity contribution in [1.82, 2.24) is 19.9 Å². The Morgan fingerprint density at radius 1 is 1.29 bits per heavy atom. The Bertz CT molecular complexity index is 835. The molecule has 0 aromatic carbocycles. The van der Waals surface area contributed by atoms with E-state index in [1.165, 1.54) is 12.3 Å². The number of nitrogens with two attached hydrogens (primary N) is 1. The molecule has 1 aliphatic rings. The first-order chi connectivity index (χ1) is 10.6. The zero-order chi connectivity index (χ0) is 15.7. The van der Waals surface area contributed by atoms with Gasteiger partial charge in [-0.25, -0.2) is 9.78 Å². The Hall–Kier alpha value is -1.90. The van der Waals surface area contributed by atoms with E-state index in [1.54, 1.807) is 4.90 Å². The van der Waals surface area contributed by atoms with Crippen molar-refractivity contribution in [2.45, 2.75) is 25.3 Å². The van der Waals surface area contributed by atoms with E-state index in [1.807, 2.05) is 0 Å². The van der Waals surface area contributed by atoms with E-state index in [0.717, 1.165) is 19.3 Å². The van der Waals surface area contributed by atoms with E-state index >= 15 is 0 Å². The second-order valence-electron chi connectivity index (χ2n) is 5.41. The van der Waals surface area contributed by atoms with E-state index in [0.29, 0.717) is 18.7 Å². The number of hydrogen-bond acceptors (Lipinski definition) is 5. The number of carbonyl (C=O) groups excluding carboxylic acids is 1. The van der Waals surface area contributed by atoms with Crippen LogP contribution in [0.15, 0.2) is 21.9 Å². The number of pyridine rings is 1. The summed E-state index contributed by atoms with van der Waals surface area (Å²) in [4.78, 5) is 46.0. The number of carbonyl (C=O) groups is 1. The molecule has 0 aliphatic carbocycles. The number of fused-ring (bicyclic) bond motifs is 1. The first-order valence-corrected chi connectivity index (χ1v) is 7.23. The van der Waals surface area contributed by atoms with Crippen LogP contribution in [-0.4, -0.2) is 44.9 Å². The lowest BCUT2D eigenvalue weighted by atomic mass is 10.0. The van der Waals surface area contributed by atoms with Gasteiger partial charge in [0.05, 0.1) is 10.9 Å². The third-order valence-electron chi connectivity index (χ3n) is 4.00. The Balaban J connectivity index is 0.00000144. The molecule has 1 unspecified atom stereocenters. The Labute approximate surface area is 149 Å². The molecule has 24 heavy (non-hydrogen) atoms. The van der Waals surface area contributed by atoms with Crippen molar-refractivity contribution in [1.29, 1.82) is 0 Å². The summed E-state index contributed by atoms with van der Waals surface area (Å²) in [5, 5.41) is 0.187. The van der Waals surface area contributed by atoms with Gasteiger partial charge in [-0.3, -0.25) is 19.6 Å². The molecule has 1 saturated heterocycles. The number of piperidine rings is 1. The molecule has 0 saturated carbocycles. The molecular formula is C14H19Cl2N5O3. The van der Waals surface area contributed by atoms with Gasteiger partial charge in [-0.15, -0.1) is 24.8 Å². The molecule has 4 N–H and O–H groups in total. The van der Waals surface area contributed by atoms with Gasteiger partial charge in [0, 0.05) is 25.3 Å². The first-order valence-electron chi connectivity index (χ1n) is 7.23. The number of aromatic amines is 2. The normalized spacial score (nSPS) is 17.0. The SMILES string of the molecule is Cl.Cl.NCC1CCCCN1C(=O)c1cnc2[nH]c(=O)[nH]c(=O)c2c1. The number of likely N-dealkylation sites (tertiary alicyclic amines) is 1. The van der Waals surface area contributed by atoms with Crippen LogP contribution in [0.1, 0.15) is 29.6 Å². The summed E-state index contributed by atoms with van der Waals surface area (Å²) in [5.74, 6) is -0.185. The maximum atomic E-state index is 12.6. The molecule has 1 amide bonds. The quantitative estimate of drug-likeness (QED) is 0.700. The fourth-order valence-corrected chi connectivity index (χ4v) is 2.84. The third kappa shape index (κ3) is 3.77. The van der Waals surface area contributed by atoms with E-state index in [-0.39, 0.29) is 47.8 Å². The molecule has 0 spiro atoms. The fourth-order valence-electron chi connectivity index (χ4n) is 2.84. The molecule has 8 nitrogen and oxygen atoms in total. The largest absolute Gasteiger partial charge is 0.334 e. The lowest BCUT2D eigenvalue weighted by molar-refractivity contribution is 0.0623. The third-order valence-corrected chi connectivity index (χ3v) is 4.00. The Morgan fingerprint density at radius 2 is 2.04 bits per heavy atom. The molecule has 2 aromatic heterocycles. The van der Waals surface area contributed by atoms with E-state index in [4.69, 9.17) is 5.73 Å². The zero-order valence-electron chi connectivity index (χ0n) is 12.8. The molecule has 10 heteroatoms. The topological polar surface area (TPSA) is 125 Å². The average molecular weight is 376 g/mol. The van der Waals surface area contributed by atoms with Crippen LogP contribution in [0.2, 0.25) is 0 Å². The summed E-state index contributed by atoms with van der Waals surface area (Å²) in [5.41, 5.74) is 5.04. The summed E-state index contributed by atoms with van der Waals surface area (Å²) in [6, 6.07) is 1.48. The summed E-state index contributed by atoms with van der Waals surface area (Å²) in [7, 11) is 0. The van der Waals surface area contributed by atoms with Gasteiger partial charge >= 0.3 is 5.69 Å². The number of amides is 1. The van der Waals surface area contributed by atoms with Crippen LogP contribution in [0.5, 0.6) is 0 Å². The summed E-state index contributed by atoms with van der Waals surface area (Å²) in [6.45, 7) is 1.07. The minimum Gasteiger partial charge on any atom is -0.334 e. The van der Waals surface area contributed by atoms with E-state index in [2.05, 4.69) is 15.0 Å². The van der Waals surface area contributed by atoms with Crippen LogP contribution in [0.4, 0.5) is 0 Å². The van der Waals surface area contributed by atoms with Crippen molar-refractivity contribution in [2.24, 2.45) is 5.73 Å². The van der Waals surface area contributed by atoms with Gasteiger partial charge in [-0.2, -0.15) is 0 Å². The second kappa shape index (κ2) is 8.27. The van der Waals surface area contributed by atoms with E-state index < -0.39 is 11.2 Å². The highest BCUT2D eigenvalue weighted by Gasteiger charge is 2.26. The number of aromatic nitrogens is 3. The molecule has 3 rings (SSSR count). The van der Waals surface area contributed by atoms with Gasteiger partial charge in [0.25, 0.3) is 11.5 Å². The maximum absolute atomic E-state index is 12.6. The van der Waals surface area contributed by atoms with E-state index in [9.17, 15) is 14.4 Å². The first kappa shape index (κ1) is 20.1. The monoisotopic (exact) mass is 375 g/mol. The number of rotatable bonds is 2. The molecule has 1 aliphatic heterocycles. The van der Waals surface area contributed by atoms with Crippen LogP contribution in [0, 0.1) is 0 Å². The van der Waals surface area contributed by atoms with Crippen molar-refractivity contribution in [3.63, 3.8) is 0 Å². The lowest BCUT2D eigenvalue weighted by Crippen LogP contribution is -2.47. The highest BCUT2D eigenvalue weighted by molar-refractivity contribution is 5.96. The number of nitrogens with zero attached hydrogens (tertiary/aromatic N) is 2. The van der Waals surface area contributed by atoms with Gasteiger partial charge in [0.2, 0.25) is 0 Å². The van der Waals surface area contributed by atoms with Gasteiger partial charge in [0.15, 0.2) is 0 Å². The molecule has 3 heterocycles. The Morgan fingerprint density at radius 3 is 2.75 bits per heavy atom. The van der Waals surface area contributed by atoms with Crippen molar-refractivity contribution < 1.29 is 4.79 Å². The minimum absolute atomic E-state index is 0. The second-order valence-corrected chi connectivity index (χ2v) is 5.41. The summed E-state index contributed by atoms with van der Waals surface area (Å²) in [6.07, 6.45) is 4.26. The number of hydrogen-bond donors (Lipinski definition) is 3. The molecule has 2 aromatic rings. The molecule has 1 atom stereocenters.